The molecule has 2 heterocycles. The summed E-state index contributed by atoms with van der Waals surface area (Å²) in [5, 5.41) is 5.79. The first-order chi connectivity index (χ1) is 11.6. The van der Waals surface area contributed by atoms with E-state index in [1.807, 2.05) is 29.6 Å². The van der Waals surface area contributed by atoms with Crippen molar-refractivity contribution in [3.05, 3.63) is 40.8 Å². The number of benzene rings is 1. The Balaban J connectivity index is 1.53. The van der Waals surface area contributed by atoms with Crippen LogP contribution >= 0.6 is 11.3 Å². The van der Waals surface area contributed by atoms with Gasteiger partial charge in [-0.1, -0.05) is 12.1 Å². The Morgan fingerprint density at radius 2 is 2.25 bits per heavy atom. The van der Waals surface area contributed by atoms with Gasteiger partial charge < -0.3 is 15.0 Å². The molecule has 2 amide bonds. The van der Waals surface area contributed by atoms with Gasteiger partial charge >= 0.3 is 0 Å². The molecule has 0 radical (unpaired) electrons. The van der Waals surface area contributed by atoms with Gasteiger partial charge in [-0.2, -0.15) is 0 Å². The fraction of sp³-hybridized carbons (Fsp3) is 0.353. The molecule has 0 saturated heterocycles. The first-order valence-corrected chi connectivity index (χ1v) is 8.75. The van der Waals surface area contributed by atoms with Gasteiger partial charge in [0.2, 0.25) is 5.91 Å². The molecule has 24 heavy (non-hydrogen) atoms. The third kappa shape index (κ3) is 3.73. The highest BCUT2D eigenvalue weighted by Gasteiger charge is 2.31. The number of carbonyl (C=O) groups excluding carboxylic acids is 2. The summed E-state index contributed by atoms with van der Waals surface area (Å²) >= 11 is 1.57. The van der Waals surface area contributed by atoms with Gasteiger partial charge in [0.05, 0.1) is 10.7 Å². The minimum atomic E-state index is -0.534. The van der Waals surface area contributed by atoms with Crippen molar-refractivity contribution < 1.29 is 14.3 Å². The number of carbonyl (C=O) groups is 2. The van der Waals surface area contributed by atoms with E-state index in [2.05, 4.69) is 10.3 Å². The molecule has 3 rings (SSSR count). The lowest BCUT2D eigenvalue weighted by Gasteiger charge is -2.32. The third-order valence-corrected chi connectivity index (χ3v) is 4.62. The third-order valence-electron chi connectivity index (χ3n) is 3.78. The predicted molar refractivity (Wildman–Crippen MR) is 92.3 cm³/mol. The Morgan fingerprint density at radius 1 is 1.42 bits per heavy atom. The van der Waals surface area contributed by atoms with E-state index in [9.17, 15) is 9.59 Å². The minimum Gasteiger partial charge on any atom is -0.479 e. The molecule has 1 aliphatic rings. The first-order valence-electron chi connectivity index (χ1n) is 7.87. The number of nitrogens with zero attached hydrogens (tertiary/aromatic N) is 2. The van der Waals surface area contributed by atoms with Crippen LogP contribution in [0.3, 0.4) is 0 Å². The van der Waals surface area contributed by atoms with Gasteiger partial charge in [-0.25, -0.2) is 4.98 Å². The predicted octanol–water partition coefficient (Wildman–Crippen LogP) is 2.01. The van der Waals surface area contributed by atoms with Crippen LogP contribution in [0.4, 0.5) is 5.69 Å². The Bertz CT molecular complexity index is 718. The summed E-state index contributed by atoms with van der Waals surface area (Å²) < 4.78 is 5.59. The molecule has 0 fully saturated rings. The zero-order valence-electron chi connectivity index (χ0n) is 13.4. The standard InChI is InChI=1S/C17H19N3O3S/c1-12-17(22)20(13-4-2-3-5-14(13)23-12)10-7-15(21)18-8-6-16-19-9-11-24-16/h2-5,9,11-12H,6-8,10H2,1H3,(H,18,21)/t12-/m1/s1. The average Bonchev–Trinajstić information content (AvgIpc) is 3.09. The van der Waals surface area contributed by atoms with Crippen LogP contribution in [-0.2, 0) is 16.0 Å². The highest BCUT2D eigenvalue weighted by Crippen LogP contribution is 2.33. The van der Waals surface area contributed by atoms with Crippen LogP contribution in [-0.4, -0.2) is 36.0 Å². The molecule has 1 aliphatic heterocycles. The summed E-state index contributed by atoms with van der Waals surface area (Å²) in [6.07, 6.45) is 2.20. The molecule has 0 unspecified atom stereocenters. The Morgan fingerprint density at radius 3 is 3.04 bits per heavy atom. The molecular weight excluding hydrogens is 326 g/mol. The van der Waals surface area contributed by atoms with Crippen molar-refractivity contribution in [3.63, 3.8) is 0 Å². The van der Waals surface area contributed by atoms with Gasteiger partial charge in [0.15, 0.2) is 6.10 Å². The van der Waals surface area contributed by atoms with Gasteiger partial charge in [-0.3, -0.25) is 9.59 Å². The second kappa shape index (κ2) is 7.44. The fourth-order valence-corrected chi connectivity index (χ4v) is 3.20. The van der Waals surface area contributed by atoms with Crippen molar-refractivity contribution in [2.24, 2.45) is 0 Å². The summed E-state index contributed by atoms with van der Waals surface area (Å²) in [5.74, 6) is 0.481. The quantitative estimate of drug-likeness (QED) is 0.869. The summed E-state index contributed by atoms with van der Waals surface area (Å²) in [7, 11) is 0. The molecule has 126 valence electrons. The molecular formula is C17H19N3O3S. The highest BCUT2D eigenvalue weighted by atomic mass is 32.1. The smallest absolute Gasteiger partial charge is 0.267 e. The van der Waals surface area contributed by atoms with Crippen molar-refractivity contribution >= 4 is 28.8 Å². The van der Waals surface area contributed by atoms with E-state index in [0.29, 0.717) is 18.8 Å². The number of nitrogens with one attached hydrogen (secondary N) is 1. The molecule has 0 aliphatic carbocycles. The van der Waals surface area contributed by atoms with Crippen molar-refractivity contribution in [2.45, 2.75) is 25.9 Å². The van der Waals surface area contributed by atoms with Gasteiger partial charge in [-0.15, -0.1) is 11.3 Å². The Labute approximate surface area is 144 Å². The maximum atomic E-state index is 12.3. The molecule has 0 spiro atoms. The molecule has 0 saturated carbocycles. The Kier molecular flexibility index (Phi) is 5.10. The van der Waals surface area contributed by atoms with E-state index in [-0.39, 0.29) is 18.2 Å². The van der Waals surface area contributed by atoms with Crippen LogP contribution in [0.5, 0.6) is 5.75 Å². The van der Waals surface area contributed by atoms with Crippen molar-refractivity contribution in [1.29, 1.82) is 0 Å². The van der Waals surface area contributed by atoms with E-state index in [4.69, 9.17) is 4.74 Å². The monoisotopic (exact) mass is 345 g/mol. The van der Waals surface area contributed by atoms with Crippen LogP contribution in [0.2, 0.25) is 0 Å². The molecule has 1 aromatic carbocycles. The summed E-state index contributed by atoms with van der Waals surface area (Å²) in [6, 6.07) is 7.39. The number of ether oxygens (including phenoxy) is 1. The van der Waals surface area contributed by atoms with Crippen molar-refractivity contribution in [2.75, 3.05) is 18.0 Å². The number of hydrogen-bond acceptors (Lipinski definition) is 5. The van der Waals surface area contributed by atoms with Gasteiger partial charge in [0.25, 0.3) is 5.91 Å². The molecule has 0 bridgehead atoms. The maximum Gasteiger partial charge on any atom is 0.267 e. The van der Waals surface area contributed by atoms with Crippen LogP contribution in [0.15, 0.2) is 35.8 Å². The molecule has 2 aromatic rings. The SMILES string of the molecule is C[C@H]1Oc2ccccc2N(CCC(=O)NCCc2nccs2)C1=O. The lowest BCUT2D eigenvalue weighted by atomic mass is 10.1. The van der Waals surface area contributed by atoms with E-state index < -0.39 is 6.10 Å². The highest BCUT2D eigenvalue weighted by molar-refractivity contribution is 7.09. The van der Waals surface area contributed by atoms with Gasteiger partial charge in [-0.05, 0) is 19.1 Å². The average molecular weight is 345 g/mol. The lowest BCUT2D eigenvalue weighted by Crippen LogP contribution is -2.45. The number of fused-ring (bicyclic) bond motifs is 1. The normalized spacial score (nSPS) is 16.5. The van der Waals surface area contributed by atoms with Crippen LogP contribution < -0.4 is 15.0 Å². The molecule has 1 aromatic heterocycles. The zero-order valence-corrected chi connectivity index (χ0v) is 14.2. The number of para-hydroxylation sites is 2. The van der Waals surface area contributed by atoms with Gasteiger partial charge in [0.1, 0.15) is 5.75 Å². The fourth-order valence-electron chi connectivity index (χ4n) is 2.58. The first kappa shape index (κ1) is 16.4. The largest absolute Gasteiger partial charge is 0.479 e. The summed E-state index contributed by atoms with van der Waals surface area (Å²) in [4.78, 5) is 30.2. The lowest BCUT2D eigenvalue weighted by molar-refractivity contribution is -0.125. The molecule has 1 atom stereocenters. The van der Waals surface area contributed by atoms with Crippen LogP contribution in [0.25, 0.3) is 0 Å². The molecule has 7 heteroatoms. The molecule has 6 nitrogen and oxygen atoms in total. The number of amides is 2. The number of aromatic nitrogens is 1. The number of rotatable bonds is 6. The van der Waals surface area contributed by atoms with Crippen molar-refractivity contribution in [3.8, 4) is 5.75 Å². The second-order valence-corrected chi connectivity index (χ2v) is 6.47. The number of anilines is 1. The minimum absolute atomic E-state index is 0.0732. The van der Waals surface area contributed by atoms with E-state index >= 15 is 0 Å². The van der Waals surface area contributed by atoms with Crippen molar-refractivity contribution in [1.82, 2.24) is 10.3 Å². The number of hydrogen-bond donors (Lipinski definition) is 1. The van der Waals surface area contributed by atoms with E-state index in [1.54, 1.807) is 29.4 Å². The Hall–Kier alpha value is -2.41. The topological polar surface area (TPSA) is 71.5 Å². The van der Waals surface area contributed by atoms with E-state index in [0.717, 1.165) is 17.1 Å². The second-order valence-electron chi connectivity index (χ2n) is 5.49. The number of thiazole rings is 1. The summed E-state index contributed by atoms with van der Waals surface area (Å²) in [6.45, 7) is 2.61. The van der Waals surface area contributed by atoms with Crippen LogP contribution in [0.1, 0.15) is 18.4 Å². The van der Waals surface area contributed by atoms with Crippen LogP contribution in [0, 0.1) is 0 Å². The summed E-state index contributed by atoms with van der Waals surface area (Å²) in [5.41, 5.74) is 0.719. The van der Waals surface area contributed by atoms with Gasteiger partial charge in [0, 0.05) is 37.5 Å². The maximum absolute atomic E-state index is 12.3. The molecule has 1 N–H and O–H groups in total. The van der Waals surface area contributed by atoms with E-state index in [1.165, 1.54) is 0 Å². The zero-order chi connectivity index (χ0) is 16.9.